The van der Waals surface area contributed by atoms with E-state index in [2.05, 4.69) is 217 Å². The fourth-order valence-electron chi connectivity index (χ4n) is 12.4. The summed E-state index contributed by atoms with van der Waals surface area (Å²) in [5, 5.41) is 0. The summed E-state index contributed by atoms with van der Waals surface area (Å²) in [5.74, 6) is 0. The zero-order valence-corrected chi connectivity index (χ0v) is 38.1. The van der Waals surface area contributed by atoms with Gasteiger partial charge in [-0.2, -0.15) is 0 Å². The van der Waals surface area contributed by atoms with E-state index >= 15 is 0 Å². The van der Waals surface area contributed by atoms with Crippen LogP contribution in [0, 0.1) is 0 Å². The Morgan fingerprint density at radius 2 is 0.714 bits per heavy atom. The van der Waals surface area contributed by atoms with Gasteiger partial charge >= 0.3 is 0 Å². The van der Waals surface area contributed by atoms with Gasteiger partial charge in [0.25, 0.3) is 0 Å². The van der Waals surface area contributed by atoms with Crippen LogP contribution in [0.1, 0.15) is 51.4 Å². The number of rotatable bonds is 8. The molecule has 0 radical (unpaired) electrons. The molecule has 11 aromatic carbocycles. The predicted octanol–water partition coefficient (Wildman–Crippen LogP) is 17.3. The van der Waals surface area contributed by atoms with E-state index in [1.807, 2.05) is 41.3 Å². The van der Waals surface area contributed by atoms with E-state index in [1.54, 1.807) is 0 Å². The lowest BCUT2D eigenvalue weighted by Gasteiger charge is -2.38. The SMILES string of the molecule is [2H]c1c([2H])c([2H])c(N(c2ccccc2)c2ccc3c(c2)C2(c4ccccc4-c4cc(N(c5ccccc5)c5cccc6c5C(c5ccccc5)(c5ccccc5)c5ccccc5-6)ccc42)c2ccccc2-3)c([2H])c1[2H]. The van der Waals surface area contributed by atoms with Gasteiger partial charge in [-0.1, -0.05) is 212 Å². The van der Waals surface area contributed by atoms with Crippen LogP contribution >= 0.6 is 0 Å². The van der Waals surface area contributed by atoms with Crippen LogP contribution in [-0.4, -0.2) is 0 Å². The van der Waals surface area contributed by atoms with E-state index in [9.17, 15) is 2.74 Å². The van der Waals surface area contributed by atoms with Gasteiger partial charge in [0.1, 0.15) is 0 Å². The van der Waals surface area contributed by atoms with Crippen LogP contribution in [0.15, 0.2) is 279 Å². The summed E-state index contributed by atoms with van der Waals surface area (Å²) in [7, 11) is 0. The first kappa shape index (κ1) is 35.2. The molecule has 3 aliphatic carbocycles. The number of benzene rings is 11. The van der Waals surface area contributed by atoms with Crippen LogP contribution in [0.5, 0.6) is 0 Å². The van der Waals surface area contributed by atoms with Gasteiger partial charge in [-0.25, -0.2) is 0 Å². The maximum absolute atomic E-state index is 9.22. The van der Waals surface area contributed by atoms with Crippen molar-refractivity contribution in [2.75, 3.05) is 9.80 Å². The first-order valence-corrected chi connectivity index (χ1v) is 23.9. The Morgan fingerprint density at radius 3 is 1.33 bits per heavy atom. The standard InChI is InChI=1S/C68H46N2/c1-6-23-47(24-7-1)67(48-25-8-2-9-26-48)60-37-19-17-34-55(60)58-36-22-40-65(66(58)67)70(51-31-14-5-15-32-51)52-42-44-63-59(45-52)56-35-18-21-39-62(56)68(63)61-38-20-16-33-54(61)57-43-41-53(46-64(57)68)69(49-27-10-3-11-28-49)50-29-12-4-13-30-50/h1-46H/i3D,10D,11D,27D,28D. The summed E-state index contributed by atoms with van der Waals surface area (Å²) in [6, 6.07) is 87.0. The van der Waals surface area contributed by atoms with Gasteiger partial charge in [-0.15, -0.1) is 0 Å². The molecule has 11 aromatic rings. The lowest BCUT2D eigenvalue weighted by molar-refractivity contribution is 0.768. The predicted molar refractivity (Wildman–Crippen MR) is 289 cm³/mol. The van der Waals surface area contributed by atoms with Crippen molar-refractivity contribution in [3.05, 3.63) is 323 Å². The van der Waals surface area contributed by atoms with Gasteiger partial charge in [-0.05, 0) is 139 Å². The number of nitrogens with zero attached hydrogens (tertiary/aromatic N) is 2. The summed E-state index contributed by atoms with van der Waals surface area (Å²) >= 11 is 0. The first-order chi connectivity index (χ1) is 36.8. The van der Waals surface area contributed by atoms with Crippen LogP contribution < -0.4 is 9.80 Å². The minimum absolute atomic E-state index is 0.0913. The van der Waals surface area contributed by atoms with E-state index < -0.39 is 16.9 Å². The molecule has 0 amide bonds. The fraction of sp³-hybridized carbons (Fsp3) is 0.0294. The summed E-state index contributed by atoms with van der Waals surface area (Å²) in [6.45, 7) is 0. The van der Waals surface area contributed by atoms with Crippen LogP contribution in [0.3, 0.4) is 0 Å². The highest BCUT2D eigenvalue weighted by Gasteiger charge is 2.53. The third-order valence-electron chi connectivity index (χ3n) is 15.0. The normalized spacial score (nSPS) is 16.0. The Hall–Kier alpha value is -8.98. The zero-order valence-electron chi connectivity index (χ0n) is 43.1. The van der Waals surface area contributed by atoms with Crippen LogP contribution in [0.25, 0.3) is 33.4 Å². The van der Waals surface area contributed by atoms with E-state index in [-0.39, 0.29) is 29.9 Å². The monoisotopic (exact) mass is 895 g/mol. The van der Waals surface area contributed by atoms with Crippen molar-refractivity contribution in [1.29, 1.82) is 0 Å². The summed E-state index contributed by atoms with van der Waals surface area (Å²) < 4.78 is 44.4. The molecule has 1 atom stereocenters. The lowest BCUT2D eigenvalue weighted by atomic mass is 9.67. The number of anilines is 6. The minimum Gasteiger partial charge on any atom is -0.310 e. The van der Waals surface area contributed by atoms with Gasteiger partial charge in [0.15, 0.2) is 0 Å². The smallest absolute Gasteiger partial charge is 0.0734 e. The van der Waals surface area contributed by atoms with Crippen molar-refractivity contribution in [2.45, 2.75) is 10.8 Å². The van der Waals surface area contributed by atoms with Gasteiger partial charge < -0.3 is 9.80 Å². The quantitative estimate of drug-likeness (QED) is 0.150. The maximum atomic E-state index is 9.22. The molecule has 0 fully saturated rings. The molecule has 2 heteroatoms. The Bertz CT molecular complexity index is 4020. The highest BCUT2D eigenvalue weighted by molar-refractivity contribution is 5.99. The number of hydrogen-bond donors (Lipinski definition) is 0. The molecule has 0 saturated carbocycles. The van der Waals surface area contributed by atoms with Crippen molar-refractivity contribution in [1.82, 2.24) is 0 Å². The van der Waals surface area contributed by atoms with Crippen molar-refractivity contribution < 1.29 is 6.85 Å². The second-order valence-electron chi connectivity index (χ2n) is 18.3. The Morgan fingerprint density at radius 1 is 0.271 bits per heavy atom. The highest BCUT2D eigenvalue weighted by Crippen LogP contribution is 2.65. The Labute approximate surface area is 416 Å². The van der Waals surface area contributed by atoms with Gasteiger partial charge in [-0.3, -0.25) is 0 Å². The number of fused-ring (bicyclic) bond motifs is 13. The number of para-hydroxylation sites is 3. The van der Waals surface area contributed by atoms with Crippen molar-refractivity contribution in [3.63, 3.8) is 0 Å². The molecule has 0 aliphatic heterocycles. The third kappa shape index (κ3) is 5.62. The van der Waals surface area contributed by atoms with E-state index in [0.29, 0.717) is 11.4 Å². The second-order valence-corrected chi connectivity index (χ2v) is 18.3. The van der Waals surface area contributed by atoms with Gasteiger partial charge in [0.05, 0.1) is 23.4 Å². The van der Waals surface area contributed by atoms with E-state index in [4.69, 9.17) is 4.11 Å². The maximum Gasteiger partial charge on any atom is 0.0734 e. The molecule has 3 aliphatic rings. The highest BCUT2D eigenvalue weighted by atomic mass is 15.2. The molecule has 0 bridgehead atoms. The lowest BCUT2D eigenvalue weighted by Crippen LogP contribution is -2.30. The molecule has 2 nitrogen and oxygen atoms in total. The summed E-state index contributed by atoms with van der Waals surface area (Å²) in [5.41, 5.74) is 19.4. The molecule has 14 rings (SSSR count). The molecule has 1 unspecified atom stereocenters. The zero-order chi connectivity index (χ0) is 50.6. The Balaban J connectivity index is 1.02. The first-order valence-electron chi connectivity index (χ1n) is 26.4. The van der Waals surface area contributed by atoms with Crippen LogP contribution in [0.4, 0.5) is 34.1 Å². The van der Waals surface area contributed by atoms with Crippen LogP contribution in [-0.2, 0) is 10.8 Å². The second kappa shape index (κ2) is 15.8. The van der Waals surface area contributed by atoms with Crippen molar-refractivity contribution >= 4 is 34.1 Å². The molecule has 0 N–H and O–H groups in total. The molecular weight excluding hydrogens is 845 g/mol. The molecule has 328 valence electrons. The molecular formula is C68H46N2. The molecule has 0 saturated heterocycles. The molecule has 1 spiro atoms. The van der Waals surface area contributed by atoms with E-state index in [1.165, 1.54) is 38.9 Å². The van der Waals surface area contributed by atoms with Gasteiger partial charge in [0, 0.05) is 34.0 Å². The van der Waals surface area contributed by atoms with E-state index in [0.717, 1.165) is 56.0 Å². The van der Waals surface area contributed by atoms with Crippen molar-refractivity contribution in [2.24, 2.45) is 0 Å². The minimum atomic E-state index is -0.766. The average Bonchev–Trinajstić information content (AvgIpc) is 4.25. The van der Waals surface area contributed by atoms with Gasteiger partial charge in [0.2, 0.25) is 0 Å². The summed E-state index contributed by atoms with van der Waals surface area (Å²) in [6.07, 6.45) is 0. The van der Waals surface area contributed by atoms with Crippen molar-refractivity contribution in [3.8, 4) is 33.4 Å². The molecule has 0 heterocycles. The Kier molecular flexibility index (Phi) is 7.95. The number of hydrogen-bond acceptors (Lipinski definition) is 2. The van der Waals surface area contributed by atoms with Crippen LogP contribution in [0.2, 0.25) is 0 Å². The third-order valence-corrected chi connectivity index (χ3v) is 15.0. The topological polar surface area (TPSA) is 6.48 Å². The summed E-state index contributed by atoms with van der Waals surface area (Å²) in [4.78, 5) is 4.27. The average molecular weight is 896 g/mol. The fourth-order valence-corrected chi connectivity index (χ4v) is 12.4. The molecule has 0 aromatic heterocycles. The molecule has 70 heavy (non-hydrogen) atoms. The largest absolute Gasteiger partial charge is 0.310 e.